The van der Waals surface area contributed by atoms with E-state index in [1.54, 1.807) is 0 Å². The summed E-state index contributed by atoms with van der Waals surface area (Å²) in [6, 6.07) is 1.07. The first kappa shape index (κ1) is 12.4. The fourth-order valence-corrected chi connectivity index (χ4v) is 3.33. The van der Waals surface area contributed by atoms with E-state index in [-0.39, 0.29) is 0 Å². The number of likely N-dealkylation sites (tertiary alicyclic amines) is 1. The molecule has 1 aliphatic heterocycles. The lowest BCUT2D eigenvalue weighted by atomic mass is 9.72. The van der Waals surface area contributed by atoms with E-state index < -0.39 is 0 Å². The molecule has 1 saturated heterocycles. The number of hydrogen-bond acceptors (Lipinski definition) is 2. The van der Waals surface area contributed by atoms with Crippen LogP contribution in [0.2, 0.25) is 0 Å². The summed E-state index contributed by atoms with van der Waals surface area (Å²) in [6.07, 6.45) is 6.54. The highest BCUT2D eigenvalue weighted by Gasteiger charge is 2.36. The highest BCUT2D eigenvalue weighted by molar-refractivity contribution is 4.93. The number of nitrogens with zero attached hydrogens (tertiary/aromatic N) is 1. The Morgan fingerprint density at radius 1 is 1.12 bits per heavy atom. The predicted octanol–water partition coefficient (Wildman–Crippen LogP) is 2.62. The molecule has 2 aliphatic rings. The van der Waals surface area contributed by atoms with Crippen LogP contribution in [-0.4, -0.2) is 30.1 Å². The molecule has 16 heavy (non-hydrogen) atoms. The summed E-state index contributed by atoms with van der Waals surface area (Å²) in [4.78, 5) is 2.67. The van der Waals surface area contributed by atoms with Gasteiger partial charge in [0.15, 0.2) is 0 Å². The third-order valence-electron chi connectivity index (χ3n) is 4.70. The van der Waals surface area contributed by atoms with Crippen molar-refractivity contribution in [2.24, 2.45) is 17.1 Å². The van der Waals surface area contributed by atoms with Gasteiger partial charge in [-0.2, -0.15) is 0 Å². The monoisotopic (exact) mass is 224 g/mol. The van der Waals surface area contributed by atoms with Gasteiger partial charge in [0.2, 0.25) is 0 Å². The van der Waals surface area contributed by atoms with Crippen molar-refractivity contribution in [1.82, 2.24) is 4.90 Å². The molecule has 2 N–H and O–H groups in total. The van der Waals surface area contributed by atoms with Crippen LogP contribution in [0.15, 0.2) is 0 Å². The van der Waals surface area contributed by atoms with E-state index in [2.05, 4.69) is 25.7 Å². The standard InChI is InChI=1S/C14H28N2/c1-11-5-8-16(9-6-11)13-10-14(2,3)7-4-12(13)15/h11-13H,4-10,15H2,1-3H3. The summed E-state index contributed by atoms with van der Waals surface area (Å²) < 4.78 is 0. The molecule has 0 radical (unpaired) electrons. The van der Waals surface area contributed by atoms with Gasteiger partial charge in [0.1, 0.15) is 0 Å². The summed E-state index contributed by atoms with van der Waals surface area (Å²) >= 11 is 0. The van der Waals surface area contributed by atoms with Crippen LogP contribution in [0.1, 0.15) is 52.9 Å². The van der Waals surface area contributed by atoms with Crippen molar-refractivity contribution in [2.75, 3.05) is 13.1 Å². The smallest absolute Gasteiger partial charge is 0.0252 e. The normalized spacial score (nSPS) is 37.5. The molecular weight excluding hydrogens is 196 g/mol. The van der Waals surface area contributed by atoms with Crippen molar-refractivity contribution in [3.05, 3.63) is 0 Å². The SMILES string of the molecule is CC1CCN(C2CC(C)(C)CCC2N)CC1. The maximum absolute atomic E-state index is 6.32. The molecule has 2 fully saturated rings. The van der Waals surface area contributed by atoms with Gasteiger partial charge in [-0.05, 0) is 56.5 Å². The first-order valence-electron chi connectivity index (χ1n) is 6.97. The fourth-order valence-electron chi connectivity index (χ4n) is 3.33. The van der Waals surface area contributed by atoms with Gasteiger partial charge in [-0.1, -0.05) is 20.8 Å². The van der Waals surface area contributed by atoms with Crippen LogP contribution in [0.4, 0.5) is 0 Å². The van der Waals surface area contributed by atoms with Gasteiger partial charge in [0.05, 0.1) is 0 Å². The Morgan fingerprint density at radius 3 is 2.38 bits per heavy atom. The van der Waals surface area contributed by atoms with Crippen LogP contribution in [0.25, 0.3) is 0 Å². The summed E-state index contributed by atoms with van der Waals surface area (Å²) in [5, 5.41) is 0. The molecule has 2 nitrogen and oxygen atoms in total. The van der Waals surface area contributed by atoms with Crippen molar-refractivity contribution in [1.29, 1.82) is 0 Å². The van der Waals surface area contributed by atoms with Gasteiger partial charge in [-0.25, -0.2) is 0 Å². The second-order valence-electron chi connectivity index (χ2n) is 6.86. The molecule has 0 aromatic carbocycles. The zero-order valence-electron chi connectivity index (χ0n) is 11.2. The van der Waals surface area contributed by atoms with Crippen molar-refractivity contribution in [3.63, 3.8) is 0 Å². The maximum atomic E-state index is 6.32. The van der Waals surface area contributed by atoms with Crippen LogP contribution in [0.3, 0.4) is 0 Å². The summed E-state index contributed by atoms with van der Waals surface area (Å²) in [5.74, 6) is 0.920. The minimum absolute atomic E-state index is 0.418. The average molecular weight is 224 g/mol. The topological polar surface area (TPSA) is 29.3 Å². The second-order valence-corrected chi connectivity index (χ2v) is 6.86. The minimum atomic E-state index is 0.418. The number of rotatable bonds is 1. The van der Waals surface area contributed by atoms with E-state index in [1.807, 2.05) is 0 Å². The molecule has 2 heteroatoms. The molecule has 2 atom stereocenters. The first-order chi connectivity index (χ1) is 7.48. The number of nitrogens with two attached hydrogens (primary N) is 1. The van der Waals surface area contributed by atoms with Crippen LogP contribution in [0.5, 0.6) is 0 Å². The quantitative estimate of drug-likeness (QED) is 0.742. The zero-order chi connectivity index (χ0) is 11.8. The largest absolute Gasteiger partial charge is 0.326 e. The molecule has 2 unspecified atom stereocenters. The number of piperidine rings is 1. The molecule has 0 spiro atoms. The predicted molar refractivity (Wildman–Crippen MR) is 69.4 cm³/mol. The second kappa shape index (κ2) is 4.66. The molecule has 2 rings (SSSR count). The Labute approximate surface area is 101 Å². The molecule has 1 heterocycles. The van der Waals surface area contributed by atoms with Gasteiger partial charge in [-0.15, -0.1) is 0 Å². The summed E-state index contributed by atoms with van der Waals surface area (Å²) in [7, 11) is 0. The lowest BCUT2D eigenvalue weighted by Crippen LogP contribution is -2.54. The Bertz CT molecular complexity index is 229. The summed E-state index contributed by atoms with van der Waals surface area (Å²) in [6.45, 7) is 9.73. The Morgan fingerprint density at radius 2 is 1.75 bits per heavy atom. The molecule has 0 aromatic heterocycles. The molecule has 94 valence electrons. The first-order valence-corrected chi connectivity index (χ1v) is 6.97. The van der Waals surface area contributed by atoms with Crippen molar-refractivity contribution < 1.29 is 0 Å². The molecule has 0 amide bonds. The lowest BCUT2D eigenvalue weighted by molar-refractivity contribution is 0.0541. The van der Waals surface area contributed by atoms with Gasteiger partial charge < -0.3 is 5.73 Å². The Hall–Kier alpha value is -0.0800. The van der Waals surface area contributed by atoms with Gasteiger partial charge in [0, 0.05) is 12.1 Å². The van der Waals surface area contributed by atoms with Crippen molar-refractivity contribution in [3.8, 4) is 0 Å². The van der Waals surface area contributed by atoms with E-state index in [9.17, 15) is 0 Å². The van der Waals surface area contributed by atoms with Crippen LogP contribution in [-0.2, 0) is 0 Å². The van der Waals surface area contributed by atoms with Gasteiger partial charge >= 0.3 is 0 Å². The minimum Gasteiger partial charge on any atom is -0.326 e. The van der Waals surface area contributed by atoms with Gasteiger partial charge in [-0.3, -0.25) is 4.90 Å². The molecule has 1 saturated carbocycles. The van der Waals surface area contributed by atoms with E-state index in [1.165, 1.54) is 45.2 Å². The van der Waals surface area contributed by atoms with E-state index in [0.717, 1.165) is 5.92 Å². The van der Waals surface area contributed by atoms with Gasteiger partial charge in [0.25, 0.3) is 0 Å². The highest BCUT2D eigenvalue weighted by Crippen LogP contribution is 2.37. The van der Waals surface area contributed by atoms with Crippen LogP contribution >= 0.6 is 0 Å². The summed E-state index contributed by atoms with van der Waals surface area (Å²) in [5.41, 5.74) is 6.83. The van der Waals surface area contributed by atoms with Crippen molar-refractivity contribution >= 4 is 0 Å². The fraction of sp³-hybridized carbons (Fsp3) is 1.00. The highest BCUT2D eigenvalue weighted by atomic mass is 15.2. The third-order valence-corrected chi connectivity index (χ3v) is 4.70. The van der Waals surface area contributed by atoms with E-state index in [0.29, 0.717) is 17.5 Å². The van der Waals surface area contributed by atoms with Crippen LogP contribution in [0, 0.1) is 11.3 Å². The third kappa shape index (κ3) is 2.78. The maximum Gasteiger partial charge on any atom is 0.0252 e. The Balaban J connectivity index is 1.96. The van der Waals surface area contributed by atoms with E-state index in [4.69, 9.17) is 5.73 Å². The molecule has 1 aliphatic carbocycles. The van der Waals surface area contributed by atoms with Crippen LogP contribution < -0.4 is 5.73 Å². The molecule has 0 bridgehead atoms. The van der Waals surface area contributed by atoms with E-state index >= 15 is 0 Å². The Kier molecular flexibility index (Phi) is 3.60. The van der Waals surface area contributed by atoms with Crippen molar-refractivity contribution in [2.45, 2.75) is 65.0 Å². The zero-order valence-corrected chi connectivity index (χ0v) is 11.2. The average Bonchev–Trinajstić information content (AvgIpc) is 2.23. The number of hydrogen-bond donors (Lipinski definition) is 1. The molecule has 0 aromatic rings. The molecular formula is C14H28N2. The lowest BCUT2D eigenvalue weighted by Gasteiger charge is -2.46.